The monoisotopic (exact) mass is 242 g/mol. The fourth-order valence-electron chi connectivity index (χ4n) is 1.43. The lowest BCUT2D eigenvalue weighted by atomic mass is 10.2. The number of hydrogen-bond acceptors (Lipinski definition) is 4. The van der Waals surface area contributed by atoms with Crippen molar-refractivity contribution in [1.29, 1.82) is 0 Å². The highest BCUT2D eigenvalue weighted by atomic mass is 19.1. The molecule has 0 unspecified atom stereocenters. The van der Waals surface area contributed by atoms with Crippen molar-refractivity contribution < 1.29 is 14.4 Å². The van der Waals surface area contributed by atoms with E-state index in [-0.39, 0.29) is 18.7 Å². The molecule has 0 amide bonds. The van der Waals surface area contributed by atoms with E-state index in [1.807, 2.05) is 0 Å². The summed E-state index contributed by atoms with van der Waals surface area (Å²) >= 11 is 0. The Labute approximate surface area is 98.4 Å². The van der Waals surface area contributed by atoms with Gasteiger partial charge in [0, 0.05) is 24.8 Å². The van der Waals surface area contributed by atoms with Crippen LogP contribution in [0.15, 0.2) is 18.2 Å². The first kappa shape index (κ1) is 13.5. The molecule has 5 nitrogen and oxygen atoms in total. The Balaban J connectivity index is 2.54. The van der Waals surface area contributed by atoms with Gasteiger partial charge in [-0.1, -0.05) is 12.1 Å². The average molecular weight is 242 g/mol. The van der Waals surface area contributed by atoms with Gasteiger partial charge >= 0.3 is 5.69 Å². The first-order chi connectivity index (χ1) is 8.16. The first-order valence-corrected chi connectivity index (χ1v) is 5.40. The minimum absolute atomic E-state index is 0.132. The lowest BCUT2D eigenvalue weighted by Gasteiger charge is -2.05. The van der Waals surface area contributed by atoms with Crippen LogP contribution in [0.5, 0.6) is 0 Å². The molecule has 0 spiro atoms. The molecule has 0 bridgehead atoms. The fourth-order valence-corrected chi connectivity index (χ4v) is 1.43. The summed E-state index contributed by atoms with van der Waals surface area (Å²) in [5.41, 5.74) is -0.220. The lowest BCUT2D eigenvalue weighted by Crippen LogP contribution is -2.16. The van der Waals surface area contributed by atoms with Crippen LogP contribution in [-0.4, -0.2) is 23.2 Å². The first-order valence-electron chi connectivity index (χ1n) is 5.40. The third-order valence-corrected chi connectivity index (χ3v) is 2.33. The Morgan fingerprint density at radius 1 is 1.41 bits per heavy atom. The van der Waals surface area contributed by atoms with Gasteiger partial charge in [0.1, 0.15) is 0 Å². The van der Waals surface area contributed by atoms with Crippen LogP contribution in [0.2, 0.25) is 0 Å². The van der Waals surface area contributed by atoms with Crippen molar-refractivity contribution in [3.8, 4) is 0 Å². The molecule has 2 N–H and O–H groups in total. The van der Waals surface area contributed by atoms with Crippen molar-refractivity contribution in [1.82, 2.24) is 5.32 Å². The normalized spacial score (nSPS) is 10.5. The van der Waals surface area contributed by atoms with Gasteiger partial charge in [-0.25, -0.2) is 0 Å². The van der Waals surface area contributed by atoms with Crippen molar-refractivity contribution >= 4 is 5.69 Å². The molecular weight excluding hydrogens is 227 g/mol. The van der Waals surface area contributed by atoms with Gasteiger partial charge in [-0.05, 0) is 19.4 Å². The number of unbranched alkanes of at least 4 members (excludes halogenated alkanes) is 1. The second-order valence-corrected chi connectivity index (χ2v) is 3.61. The smallest absolute Gasteiger partial charge is 0.305 e. The number of aliphatic hydroxyl groups excluding tert-OH is 1. The van der Waals surface area contributed by atoms with Crippen LogP contribution in [0.4, 0.5) is 10.1 Å². The van der Waals surface area contributed by atoms with Crippen LogP contribution in [0.3, 0.4) is 0 Å². The summed E-state index contributed by atoms with van der Waals surface area (Å²) in [6, 6.07) is 4.12. The van der Waals surface area contributed by atoms with Gasteiger partial charge in [-0.3, -0.25) is 10.1 Å². The van der Waals surface area contributed by atoms with Gasteiger partial charge in [0.25, 0.3) is 0 Å². The van der Waals surface area contributed by atoms with Crippen molar-refractivity contribution in [2.75, 3.05) is 13.2 Å². The van der Waals surface area contributed by atoms with Crippen LogP contribution < -0.4 is 5.32 Å². The quantitative estimate of drug-likeness (QED) is 0.432. The van der Waals surface area contributed by atoms with Gasteiger partial charge in [0.05, 0.1) is 4.92 Å². The standard InChI is InChI=1S/C11H15FN2O3/c12-11-9(8-13-6-1-2-7-15)4-3-5-10(11)14(16)17/h3-5,13,15H,1-2,6-8H2. The topological polar surface area (TPSA) is 75.4 Å². The van der Waals surface area contributed by atoms with Crippen LogP contribution in [0, 0.1) is 15.9 Å². The van der Waals surface area contributed by atoms with Crippen LogP contribution >= 0.6 is 0 Å². The van der Waals surface area contributed by atoms with E-state index in [1.54, 1.807) is 0 Å². The van der Waals surface area contributed by atoms with Crippen molar-refractivity contribution in [3.63, 3.8) is 0 Å². The van der Waals surface area contributed by atoms with Crippen LogP contribution in [0.1, 0.15) is 18.4 Å². The zero-order chi connectivity index (χ0) is 12.7. The van der Waals surface area contributed by atoms with Gasteiger partial charge < -0.3 is 10.4 Å². The summed E-state index contributed by atoms with van der Waals surface area (Å²) in [4.78, 5) is 9.77. The lowest BCUT2D eigenvalue weighted by molar-refractivity contribution is -0.387. The summed E-state index contributed by atoms with van der Waals surface area (Å²) in [7, 11) is 0. The molecule has 0 saturated heterocycles. The molecule has 0 fully saturated rings. The zero-order valence-corrected chi connectivity index (χ0v) is 9.36. The van der Waals surface area contributed by atoms with E-state index < -0.39 is 16.4 Å². The number of nitrogens with zero attached hydrogens (tertiary/aromatic N) is 1. The molecule has 0 heterocycles. The average Bonchev–Trinajstić information content (AvgIpc) is 2.30. The third-order valence-electron chi connectivity index (χ3n) is 2.33. The second-order valence-electron chi connectivity index (χ2n) is 3.61. The molecule has 0 aliphatic carbocycles. The molecule has 1 aromatic rings. The molecule has 0 saturated carbocycles. The Morgan fingerprint density at radius 3 is 2.82 bits per heavy atom. The van der Waals surface area contributed by atoms with E-state index in [9.17, 15) is 14.5 Å². The summed E-state index contributed by atoms with van der Waals surface area (Å²) in [5, 5.41) is 22.0. The van der Waals surface area contributed by atoms with Gasteiger partial charge in [-0.15, -0.1) is 0 Å². The summed E-state index contributed by atoms with van der Waals surface area (Å²) in [6.07, 6.45) is 1.47. The largest absolute Gasteiger partial charge is 0.396 e. The van der Waals surface area contributed by atoms with Crippen molar-refractivity contribution in [3.05, 3.63) is 39.7 Å². The number of benzene rings is 1. The number of hydrogen-bond donors (Lipinski definition) is 2. The number of rotatable bonds is 7. The number of nitrogens with one attached hydrogen (secondary N) is 1. The van der Waals surface area contributed by atoms with E-state index in [1.165, 1.54) is 12.1 Å². The third kappa shape index (κ3) is 4.08. The van der Waals surface area contributed by atoms with Crippen LogP contribution in [0.25, 0.3) is 0 Å². The summed E-state index contributed by atoms with van der Waals surface area (Å²) in [6.45, 7) is 1.02. The van der Waals surface area contributed by atoms with E-state index in [0.717, 1.165) is 12.5 Å². The molecule has 1 aromatic carbocycles. The number of aliphatic hydroxyl groups is 1. The molecule has 6 heteroatoms. The highest BCUT2D eigenvalue weighted by molar-refractivity contribution is 5.36. The maximum Gasteiger partial charge on any atom is 0.305 e. The Kier molecular flexibility index (Phi) is 5.51. The minimum atomic E-state index is -0.785. The summed E-state index contributed by atoms with van der Waals surface area (Å²) < 4.78 is 13.6. The Morgan fingerprint density at radius 2 is 2.18 bits per heavy atom. The predicted molar refractivity (Wildman–Crippen MR) is 61.1 cm³/mol. The maximum absolute atomic E-state index is 13.6. The highest BCUT2D eigenvalue weighted by Crippen LogP contribution is 2.19. The van der Waals surface area contributed by atoms with Gasteiger partial charge in [0.2, 0.25) is 5.82 Å². The van der Waals surface area contributed by atoms with Crippen molar-refractivity contribution in [2.45, 2.75) is 19.4 Å². The molecule has 0 radical (unpaired) electrons. The Hall–Kier alpha value is -1.53. The van der Waals surface area contributed by atoms with Gasteiger partial charge in [0.15, 0.2) is 0 Å². The molecular formula is C11H15FN2O3. The second kappa shape index (κ2) is 6.93. The van der Waals surface area contributed by atoms with Gasteiger partial charge in [-0.2, -0.15) is 4.39 Å². The van der Waals surface area contributed by atoms with E-state index in [0.29, 0.717) is 13.0 Å². The molecule has 17 heavy (non-hydrogen) atoms. The predicted octanol–water partition coefficient (Wildman–Crippen LogP) is 1.60. The van der Waals surface area contributed by atoms with Crippen molar-refractivity contribution in [2.24, 2.45) is 0 Å². The number of nitro groups is 1. The molecule has 1 rings (SSSR count). The van der Waals surface area contributed by atoms with E-state index in [4.69, 9.17) is 5.11 Å². The molecule has 0 atom stereocenters. The minimum Gasteiger partial charge on any atom is -0.396 e. The molecule has 94 valence electrons. The van der Waals surface area contributed by atoms with E-state index in [2.05, 4.69) is 5.32 Å². The molecule has 0 aliphatic rings. The van der Waals surface area contributed by atoms with Crippen LogP contribution in [-0.2, 0) is 6.54 Å². The number of halogens is 1. The Bertz CT molecular complexity index is 385. The SMILES string of the molecule is O=[N+]([O-])c1cccc(CNCCCCO)c1F. The highest BCUT2D eigenvalue weighted by Gasteiger charge is 2.16. The number of nitro benzene ring substituents is 1. The fraction of sp³-hybridized carbons (Fsp3) is 0.455. The summed E-state index contributed by atoms with van der Waals surface area (Å²) in [5.74, 6) is -0.785. The maximum atomic E-state index is 13.6. The molecule has 0 aliphatic heterocycles. The molecule has 0 aromatic heterocycles. The van der Waals surface area contributed by atoms with E-state index >= 15 is 0 Å². The zero-order valence-electron chi connectivity index (χ0n) is 9.36.